The van der Waals surface area contributed by atoms with Gasteiger partial charge in [-0.25, -0.2) is 4.98 Å². The molecule has 2 aliphatic heterocycles. The van der Waals surface area contributed by atoms with Crippen LogP contribution in [0.1, 0.15) is 40.9 Å². The minimum absolute atomic E-state index is 0.0931. The summed E-state index contributed by atoms with van der Waals surface area (Å²) in [6.07, 6.45) is 6.21. The van der Waals surface area contributed by atoms with E-state index in [1.807, 2.05) is 28.8 Å². The van der Waals surface area contributed by atoms with Crippen LogP contribution < -0.4 is 15.6 Å². The molecule has 2 fully saturated rings. The van der Waals surface area contributed by atoms with Crippen LogP contribution in [-0.4, -0.2) is 65.8 Å². The summed E-state index contributed by atoms with van der Waals surface area (Å²) in [6.45, 7) is 6.75. The van der Waals surface area contributed by atoms with Gasteiger partial charge in [0.15, 0.2) is 11.6 Å². The van der Waals surface area contributed by atoms with E-state index in [0.29, 0.717) is 42.7 Å². The maximum Gasteiger partial charge on any atom is 0.213 e. The van der Waals surface area contributed by atoms with Gasteiger partial charge in [0.2, 0.25) is 5.95 Å². The molecule has 2 saturated heterocycles. The highest BCUT2D eigenvalue weighted by Crippen LogP contribution is 2.23. The van der Waals surface area contributed by atoms with Gasteiger partial charge in [-0.05, 0) is 44.3 Å². The molecular formula is C25H31N7O2. The summed E-state index contributed by atoms with van der Waals surface area (Å²) >= 11 is 0. The Morgan fingerprint density at radius 3 is 2.85 bits per heavy atom. The number of hydrogen-bond donors (Lipinski definition) is 2. The Balaban J connectivity index is 1.41. The molecule has 0 saturated carbocycles. The Hall–Kier alpha value is -3.30. The number of aryl methyl sites for hydroxylation is 1. The molecule has 0 spiro atoms. The van der Waals surface area contributed by atoms with Crippen LogP contribution in [0.15, 0.2) is 41.6 Å². The zero-order chi connectivity index (χ0) is 23.3. The first kappa shape index (κ1) is 22.5. The summed E-state index contributed by atoms with van der Waals surface area (Å²) in [7, 11) is 0. The summed E-state index contributed by atoms with van der Waals surface area (Å²) in [5, 5.41) is 7.73. The average Bonchev–Trinajstić information content (AvgIpc) is 3.29. The van der Waals surface area contributed by atoms with Gasteiger partial charge >= 0.3 is 0 Å². The summed E-state index contributed by atoms with van der Waals surface area (Å²) < 4.78 is 7.44. The van der Waals surface area contributed by atoms with E-state index >= 15 is 0 Å². The third kappa shape index (κ3) is 5.26. The van der Waals surface area contributed by atoms with E-state index in [1.165, 1.54) is 5.56 Å². The van der Waals surface area contributed by atoms with Gasteiger partial charge in [-0.3, -0.25) is 14.6 Å². The van der Waals surface area contributed by atoms with Crippen LogP contribution in [0.2, 0.25) is 0 Å². The first-order valence-corrected chi connectivity index (χ1v) is 12.0. The highest BCUT2D eigenvalue weighted by Gasteiger charge is 2.22. The highest BCUT2D eigenvalue weighted by molar-refractivity contribution is 5.95. The lowest BCUT2D eigenvalue weighted by Crippen LogP contribution is -2.38. The maximum absolute atomic E-state index is 13.0. The van der Waals surface area contributed by atoms with Crippen molar-refractivity contribution in [3.05, 3.63) is 53.3 Å². The summed E-state index contributed by atoms with van der Waals surface area (Å²) in [6, 6.07) is 9.96. The molecule has 2 aliphatic rings. The molecule has 3 aromatic rings. The lowest BCUT2D eigenvalue weighted by molar-refractivity contribution is 0.0948. The molecule has 178 valence electrons. The summed E-state index contributed by atoms with van der Waals surface area (Å²) in [5.74, 6) is 1.84. The quantitative estimate of drug-likeness (QED) is 0.317. The molecule has 9 nitrogen and oxygen atoms in total. The first-order chi connectivity index (χ1) is 16.7. The van der Waals surface area contributed by atoms with Crippen molar-refractivity contribution in [3.63, 3.8) is 0 Å². The number of aromatic nitrogens is 3. The number of anilines is 2. The number of ether oxygens (including phenoxy) is 1. The fraction of sp³-hybridized carbons (Fsp3) is 0.440. The van der Waals surface area contributed by atoms with Gasteiger partial charge < -0.3 is 15.0 Å². The number of fused-ring (bicyclic) bond motifs is 1. The molecule has 0 amide bonds. The number of hydrazone groups is 1. The number of carbonyl (C=O) groups is 1. The van der Waals surface area contributed by atoms with Crippen molar-refractivity contribution in [2.75, 3.05) is 49.7 Å². The number of Topliss-reactive ketones (excluding diaryl/α,β-unsaturated/α-hetero) is 1. The summed E-state index contributed by atoms with van der Waals surface area (Å²) in [5.41, 5.74) is 6.40. The van der Waals surface area contributed by atoms with E-state index in [2.05, 4.69) is 44.8 Å². The van der Waals surface area contributed by atoms with Crippen LogP contribution in [0.25, 0.3) is 5.65 Å². The Bertz CT molecular complexity index is 1180. The predicted molar refractivity (Wildman–Crippen MR) is 133 cm³/mol. The van der Waals surface area contributed by atoms with Crippen LogP contribution in [0.5, 0.6) is 0 Å². The van der Waals surface area contributed by atoms with Gasteiger partial charge in [-0.2, -0.15) is 10.1 Å². The average molecular weight is 462 g/mol. The highest BCUT2D eigenvalue weighted by atomic mass is 16.5. The number of nitrogens with one attached hydrogen (secondary N) is 2. The van der Waals surface area contributed by atoms with Gasteiger partial charge in [0.05, 0.1) is 19.4 Å². The molecule has 2 aromatic heterocycles. The third-order valence-corrected chi connectivity index (χ3v) is 6.38. The van der Waals surface area contributed by atoms with Gasteiger partial charge in [-0.15, -0.1) is 0 Å². The fourth-order valence-electron chi connectivity index (χ4n) is 4.53. The standard InChI is InChI=1S/C25H31N7O2/c1-18-3-2-4-20(13-18)16-27-30-23-15-24-28-21(22(33)14-19-5-7-26-8-6-19)17-32(24)25(29-23)31-9-11-34-12-10-31/h2-4,13,15-17,19,26,30H,5-12,14H2,1H3/b27-16+. The van der Waals surface area contributed by atoms with Crippen LogP contribution >= 0.6 is 0 Å². The number of ketones is 1. The number of rotatable bonds is 7. The molecule has 5 rings (SSSR count). The molecule has 9 heteroatoms. The number of hydrogen-bond acceptors (Lipinski definition) is 8. The lowest BCUT2D eigenvalue weighted by Gasteiger charge is -2.28. The predicted octanol–water partition coefficient (Wildman–Crippen LogP) is 2.89. The second-order valence-corrected chi connectivity index (χ2v) is 9.00. The van der Waals surface area contributed by atoms with Crippen molar-refractivity contribution >= 4 is 29.4 Å². The Morgan fingerprint density at radius 2 is 2.06 bits per heavy atom. The minimum Gasteiger partial charge on any atom is -0.378 e. The molecule has 0 unspecified atom stereocenters. The molecule has 4 heterocycles. The maximum atomic E-state index is 13.0. The second-order valence-electron chi connectivity index (χ2n) is 9.00. The Morgan fingerprint density at radius 1 is 1.24 bits per heavy atom. The number of morpholine rings is 1. The zero-order valence-corrected chi connectivity index (χ0v) is 19.5. The topological polar surface area (TPSA) is 96.1 Å². The molecule has 1 aromatic carbocycles. The fourth-order valence-corrected chi connectivity index (χ4v) is 4.53. The Labute approximate surface area is 199 Å². The Kier molecular flexibility index (Phi) is 6.82. The van der Waals surface area contributed by atoms with Crippen molar-refractivity contribution in [2.24, 2.45) is 11.0 Å². The van der Waals surface area contributed by atoms with Gasteiger partial charge in [0.25, 0.3) is 0 Å². The van der Waals surface area contributed by atoms with E-state index in [9.17, 15) is 4.79 Å². The van der Waals surface area contributed by atoms with Crippen molar-refractivity contribution < 1.29 is 9.53 Å². The largest absolute Gasteiger partial charge is 0.378 e. The van der Waals surface area contributed by atoms with Crippen LogP contribution in [0, 0.1) is 12.8 Å². The van der Waals surface area contributed by atoms with Crippen molar-refractivity contribution in [2.45, 2.75) is 26.2 Å². The van der Waals surface area contributed by atoms with Gasteiger partial charge in [-0.1, -0.05) is 29.8 Å². The molecule has 34 heavy (non-hydrogen) atoms. The van der Waals surface area contributed by atoms with Crippen LogP contribution in [0.3, 0.4) is 0 Å². The molecule has 2 N–H and O–H groups in total. The SMILES string of the molecule is Cc1cccc(/C=N/Nc2cc3nc(C(=O)CC4CCNCC4)cn3c(N3CCOCC3)n2)c1. The molecular weight excluding hydrogens is 430 g/mol. The number of piperidine rings is 1. The van der Waals surface area contributed by atoms with E-state index < -0.39 is 0 Å². The molecule has 0 bridgehead atoms. The number of benzene rings is 1. The van der Waals surface area contributed by atoms with Crippen molar-refractivity contribution in [1.82, 2.24) is 19.7 Å². The van der Waals surface area contributed by atoms with Crippen LogP contribution in [-0.2, 0) is 4.74 Å². The van der Waals surface area contributed by atoms with Gasteiger partial charge in [0.1, 0.15) is 11.3 Å². The molecule has 0 radical (unpaired) electrons. The van der Waals surface area contributed by atoms with E-state index in [-0.39, 0.29) is 5.78 Å². The zero-order valence-electron chi connectivity index (χ0n) is 19.5. The second kappa shape index (κ2) is 10.3. The lowest BCUT2D eigenvalue weighted by atomic mass is 9.92. The monoisotopic (exact) mass is 461 g/mol. The van der Waals surface area contributed by atoms with E-state index in [0.717, 1.165) is 50.5 Å². The third-order valence-electron chi connectivity index (χ3n) is 6.38. The van der Waals surface area contributed by atoms with Crippen molar-refractivity contribution in [3.8, 4) is 0 Å². The van der Waals surface area contributed by atoms with E-state index in [4.69, 9.17) is 9.72 Å². The minimum atomic E-state index is 0.0931. The molecule has 0 atom stereocenters. The number of imidazole rings is 1. The van der Waals surface area contributed by atoms with Crippen molar-refractivity contribution in [1.29, 1.82) is 0 Å². The van der Waals surface area contributed by atoms with Gasteiger partial charge in [0, 0.05) is 31.8 Å². The normalized spacial score (nSPS) is 17.5. The first-order valence-electron chi connectivity index (χ1n) is 12.0. The van der Waals surface area contributed by atoms with Crippen LogP contribution in [0.4, 0.5) is 11.8 Å². The smallest absolute Gasteiger partial charge is 0.213 e. The van der Waals surface area contributed by atoms with E-state index in [1.54, 1.807) is 6.21 Å². The molecule has 0 aliphatic carbocycles. The number of carbonyl (C=O) groups excluding carboxylic acids is 1. The summed E-state index contributed by atoms with van der Waals surface area (Å²) in [4.78, 5) is 24.7. The number of nitrogens with zero attached hydrogens (tertiary/aromatic N) is 5.